The minimum Gasteiger partial charge on any atom is -0.385 e. The molecule has 4 nitrogen and oxygen atoms in total. The number of benzene rings is 1. The molecule has 128 valence electrons. The molecular weight excluding hydrogens is 295 g/mol. The van der Waals surface area contributed by atoms with E-state index in [9.17, 15) is 9.18 Å². The van der Waals surface area contributed by atoms with Crippen LogP contribution in [0.5, 0.6) is 0 Å². The van der Waals surface area contributed by atoms with Gasteiger partial charge in [0, 0.05) is 38.9 Å². The zero-order valence-corrected chi connectivity index (χ0v) is 14.1. The molecule has 5 heteroatoms. The van der Waals surface area contributed by atoms with Crippen LogP contribution in [-0.4, -0.2) is 56.1 Å². The summed E-state index contributed by atoms with van der Waals surface area (Å²) >= 11 is 0. The topological polar surface area (TPSA) is 32.8 Å². The Hall–Kier alpha value is -1.46. The quantitative estimate of drug-likeness (QED) is 0.773. The lowest BCUT2D eigenvalue weighted by Gasteiger charge is -2.33. The molecule has 1 heterocycles. The van der Waals surface area contributed by atoms with Crippen LogP contribution in [-0.2, 0) is 16.1 Å². The number of amides is 1. The van der Waals surface area contributed by atoms with Gasteiger partial charge < -0.3 is 9.64 Å². The molecule has 1 aliphatic rings. The SMILES string of the molecule is COCCC1CCN(C(=O)CN(C)Cc2ccccc2F)CC1. The molecule has 0 aromatic heterocycles. The number of rotatable bonds is 7. The van der Waals surface area contributed by atoms with E-state index in [1.807, 2.05) is 22.9 Å². The molecule has 0 unspecified atom stereocenters. The molecule has 0 saturated carbocycles. The third-order valence-corrected chi connectivity index (χ3v) is 4.50. The highest BCUT2D eigenvalue weighted by atomic mass is 19.1. The van der Waals surface area contributed by atoms with E-state index in [1.165, 1.54) is 6.07 Å². The summed E-state index contributed by atoms with van der Waals surface area (Å²) in [4.78, 5) is 16.2. The van der Waals surface area contributed by atoms with Crippen molar-refractivity contribution in [2.24, 2.45) is 5.92 Å². The Morgan fingerprint density at radius 1 is 1.35 bits per heavy atom. The van der Waals surface area contributed by atoms with Crippen molar-refractivity contribution in [1.82, 2.24) is 9.80 Å². The zero-order chi connectivity index (χ0) is 16.7. The fourth-order valence-electron chi connectivity index (χ4n) is 3.06. The van der Waals surface area contributed by atoms with Gasteiger partial charge in [-0.15, -0.1) is 0 Å². The van der Waals surface area contributed by atoms with Gasteiger partial charge in [-0.2, -0.15) is 0 Å². The lowest BCUT2D eigenvalue weighted by atomic mass is 9.94. The van der Waals surface area contributed by atoms with Gasteiger partial charge in [0.15, 0.2) is 0 Å². The number of carbonyl (C=O) groups is 1. The van der Waals surface area contributed by atoms with Crippen LogP contribution in [0.3, 0.4) is 0 Å². The van der Waals surface area contributed by atoms with Gasteiger partial charge >= 0.3 is 0 Å². The van der Waals surface area contributed by atoms with Crippen molar-refractivity contribution in [2.45, 2.75) is 25.8 Å². The molecule has 23 heavy (non-hydrogen) atoms. The number of carbonyl (C=O) groups excluding carboxylic acids is 1. The van der Waals surface area contributed by atoms with Gasteiger partial charge in [-0.1, -0.05) is 18.2 Å². The van der Waals surface area contributed by atoms with Crippen molar-refractivity contribution in [3.05, 3.63) is 35.6 Å². The molecule has 0 bridgehead atoms. The van der Waals surface area contributed by atoms with Crippen LogP contribution < -0.4 is 0 Å². The molecule has 1 aromatic rings. The average Bonchev–Trinajstić information content (AvgIpc) is 2.55. The summed E-state index contributed by atoms with van der Waals surface area (Å²) in [5.74, 6) is 0.579. The number of methoxy groups -OCH3 is 1. The van der Waals surface area contributed by atoms with E-state index in [0.29, 0.717) is 24.6 Å². The van der Waals surface area contributed by atoms with E-state index < -0.39 is 0 Å². The molecular formula is C18H27FN2O2. The summed E-state index contributed by atoms with van der Waals surface area (Å²) in [6.07, 6.45) is 3.17. The number of hydrogen-bond donors (Lipinski definition) is 0. The lowest BCUT2D eigenvalue weighted by molar-refractivity contribution is -0.133. The predicted molar refractivity (Wildman–Crippen MR) is 88.5 cm³/mol. The maximum atomic E-state index is 13.7. The first-order valence-corrected chi connectivity index (χ1v) is 8.28. The Balaban J connectivity index is 1.75. The number of piperidine rings is 1. The Morgan fingerprint density at radius 3 is 2.70 bits per heavy atom. The second-order valence-electron chi connectivity index (χ2n) is 6.37. The van der Waals surface area contributed by atoms with Crippen molar-refractivity contribution < 1.29 is 13.9 Å². The van der Waals surface area contributed by atoms with Crippen LogP contribution in [0.2, 0.25) is 0 Å². The summed E-state index contributed by atoms with van der Waals surface area (Å²) in [7, 11) is 3.58. The van der Waals surface area contributed by atoms with Crippen LogP contribution in [0.25, 0.3) is 0 Å². The second-order valence-corrected chi connectivity index (χ2v) is 6.37. The Labute approximate surface area is 138 Å². The molecule has 2 rings (SSSR count). The van der Waals surface area contributed by atoms with E-state index >= 15 is 0 Å². The molecule has 0 N–H and O–H groups in total. The highest BCUT2D eigenvalue weighted by Gasteiger charge is 2.23. The molecule has 1 fully saturated rings. The monoisotopic (exact) mass is 322 g/mol. The van der Waals surface area contributed by atoms with Crippen molar-refractivity contribution in [2.75, 3.05) is 40.4 Å². The minimum atomic E-state index is -0.217. The number of halogens is 1. The number of likely N-dealkylation sites (N-methyl/N-ethyl adjacent to an activating group) is 1. The van der Waals surface area contributed by atoms with Crippen LogP contribution in [0.4, 0.5) is 4.39 Å². The third kappa shape index (κ3) is 5.59. The van der Waals surface area contributed by atoms with E-state index in [2.05, 4.69) is 0 Å². The van der Waals surface area contributed by atoms with E-state index in [4.69, 9.17) is 4.74 Å². The fourth-order valence-corrected chi connectivity index (χ4v) is 3.06. The Bertz CT molecular complexity index is 502. The smallest absolute Gasteiger partial charge is 0.236 e. The molecule has 0 atom stereocenters. The van der Waals surface area contributed by atoms with Gasteiger partial charge in [0.1, 0.15) is 5.82 Å². The van der Waals surface area contributed by atoms with Crippen molar-refractivity contribution in [3.8, 4) is 0 Å². The standard InChI is InChI=1S/C18H27FN2O2/c1-20(13-16-5-3-4-6-17(16)19)14-18(22)21-10-7-15(8-11-21)9-12-23-2/h3-6,15H,7-14H2,1-2H3. The summed E-state index contributed by atoms with van der Waals surface area (Å²) in [5, 5.41) is 0. The number of ether oxygens (including phenoxy) is 1. The largest absolute Gasteiger partial charge is 0.385 e. The summed E-state index contributed by atoms with van der Waals surface area (Å²) in [5.41, 5.74) is 0.626. The first kappa shape index (κ1) is 17.9. The number of nitrogens with zero attached hydrogens (tertiary/aromatic N) is 2. The Kier molecular flexibility index (Phi) is 6.99. The van der Waals surface area contributed by atoms with Gasteiger partial charge in [0.2, 0.25) is 5.91 Å². The number of hydrogen-bond acceptors (Lipinski definition) is 3. The minimum absolute atomic E-state index is 0.133. The molecule has 1 aromatic carbocycles. The highest BCUT2D eigenvalue weighted by molar-refractivity contribution is 5.78. The first-order valence-electron chi connectivity index (χ1n) is 8.28. The maximum absolute atomic E-state index is 13.7. The molecule has 0 radical (unpaired) electrons. The van der Waals surface area contributed by atoms with Crippen molar-refractivity contribution in [3.63, 3.8) is 0 Å². The Morgan fingerprint density at radius 2 is 2.04 bits per heavy atom. The van der Waals surface area contributed by atoms with E-state index in [-0.39, 0.29) is 11.7 Å². The molecule has 1 saturated heterocycles. The summed E-state index contributed by atoms with van der Waals surface area (Å²) in [6, 6.07) is 6.71. The van der Waals surface area contributed by atoms with Gasteiger partial charge in [-0.05, 0) is 38.3 Å². The highest BCUT2D eigenvalue weighted by Crippen LogP contribution is 2.20. The zero-order valence-electron chi connectivity index (χ0n) is 14.1. The van der Waals surface area contributed by atoms with Gasteiger partial charge in [0.25, 0.3) is 0 Å². The lowest BCUT2D eigenvalue weighted by Crippen LogP contribution is -2.43. The van der Waals surface area contributed by atoms with Crippen LogP contribution in [0.1, 0.15) is 24.8 Å². The van der Waals surface area contributed by atoms with Crippen molar-refractivity contribution in [1.29, 1.82) is 0 Å². The van der Waals surface area contributed by atoms with Gasteiger partial charge in [0.05, 0.1) is 6.54 Å². The van der Waals surface area contributed by atoms with E-state index in [0.717, 1.165) is 39.0 Å². The maximum Gasteiger partial charge on any atom is 0.236 e. The van der Waals surface area contributed by atoms with Crippen LogP contribution in [0, 0.1) is 11.7 Å². The second kappa shape index (κ2) is 8.99. The molecule has 1 aliphatic heterocycles. The summed E-state index contributed by atoms with van der Waals surface area (Å²) in [6.45, 7) is 3.21. The average molecular weight is 322 g/mol. The molecule has 1 amide bonds. The normalized spacial score (nSPS) is 16.1. The van der Waals surface area contributed by atoms with E-state index in [1.54, 1.807) is 19.2 Å². The fraction of sp³-hybridized carbons (Fsp3) is 0.611. The third-order valence-electron chi connectivity index (χ3n) is 4.50. The van der Waals surface area contributed by atoms with Crippen molar-refractivity contribution >= 4 is 5.91 Å². The predicted octanol–water partition coefficient (Wildman–Crippen LogP) is 2.53. The molecule has 0 aliphatic carbocycles. The summed E-state index contributed by atoms with van der Waals surface area (Å²) < 4.78 is 18.8. The van der Waals surface area contributed by atoms with Gasteiger partial charge in [-0.3, -0.25) is 9.69 Å². The van der Waals surface area contributed by atoms with Crippen LogP contribution in [0.15, 0.2) is 24.3 Å². The van der Waals surface area contributed by atoms with Gasteiger partial charge in [-0.25, -0.2) is 4.39 Å². The number of likely N-dealkylation sites (tertiary alicyclic amines) is 1. The first-order chi connectivity index (χ1) is 11.1. The van der Waals surface area contributed by atoms with Crippen LogP contribution >= 0.6 is 0 Å². The molecule has 0 spiro atoms.